The Morgan fingerprint density at radius 1 is 1.18 bits per heavy atom. The van der Waals surface area contributed by atoms with Gasteiger partial charge in [-0.1, -0.05) is 12.1 Å². The third kappa shape index (κ3) is 2.33. The van der Waals surface area contributed by atoms with Gasteiger partial charge in [-0.15, -0.1) is 0 Å². The summed E-state index contributed by atoms with van der Waals surface area (Å²) in [5, 5.41) is 6.96. The highest BCUT2D eigenvalue weighted by molar-refractivity contribution is 5.91. The topological polar surface area (TPSA) is 72.3 Å². The van der Waals surface area contributed by atoms with E-state index in [9.17, 15) is 4.79 Å². The molecule has 3 heterocycles. The smallest absolute Gasteiger partial charge is 0.229 e. The average Bonchev–Trinajstić information content (AvgIpc) is 3.03. The summed E-state index contributed by atoms with van der Waals surface area (Å²) in [5.74, 6) is 0.487. The van der Waals surface area contributed by atoms with Crippen LogP contribution in [-0.2, 0) is 9.53 Å². The largest absolute Gasteiger partial charge is 0.378 e. The molecule has 4 rings (SSSR count). The summed E-state index contributed by atoms with van der Waals surface area (Å²) in [5.41, 5.74) is 2.25. The number of amides is 1. The van der Waals surface area contributed by atoms with E-state index in [1.54, 1.807) is 4.68 Å². The third-order valence-corrected chi connectivity index (χ3v) is 4.15. The number of benzene rings is 1. The van der Waals surface area contributed by atoms with Crippen molar-refractivity contribution in [1.82, 2.24) is 14.8 Å². The molecule has 1 aromatic carbocycles. The molecule has 22 heavy (non-hydrogen) atoms. The van der Waals surface area contributed by atoms with Crippen molar-refractivity contribution in [1.29, 1.82) is 0 Å². The zero-order valence-electron chi connectivity index (χ0n) is 12.1. The number of morpholine rings is 1. The molecule has 1 N–H and O–H groups in total. The molecule has 2 aromatic rings. The molecule has 0 unspecified atom stereocenters. The second-order valence-corrected chi connectivity index (χ2v) is 5.49. The molecule has 1 aromatic heterocycles. The van der Waals surface area contributed by atoms with Crippen molar-refractivity contribution in [3.8, 4) is 0 Å². The number of nitrogens with one attached hydrogen (secondary N) is 1. The molecule has 2 aliphatic heterocycles. The van der Waals surface area contributed by atoms with Gasteiger partial charge in [-0.05, 0) is 17.7 Å². The van der Waals surface area contributed by atoms with Crippen LogP contribution in [0.3, 0.4) is 0 Å². The van der Waals surface area contributed by atoms with Crippen LogP contribution in [0.15, 0.2) is 30.6 Å². The number of nitrogens with zero attached hydrogens (tertiary/aromatic N) is 4. The normalized spacial score (nSPS) is 21.4. The van der Waals surface area contributed by atoms with Gasteiger partial charge in [0.25, 0.3) is 0 Å². The Bertz CT molecular complexity index is 675. The zero-order valence-corrected chi connectivity index (χ0v) is 12.1. The molecular formula is C15H17N5O2. The summed E-state index contributed by atoms with van der Waals surface area (Å²) in [4.78, 5) is 18.2. The quantitative estimate of drug-likeness (QED) is 0.897. The molecule has 7 heteroatoms. The fourth-order valence-electron chi connectivity index (χ4n) is 2.99. The SMILES string of the molecule is O=C1C[C@@H](c2ccc(N3CCOCC3)cc2)n2ncnc2N1. The lowest BCUT2D eigenvalue weighted by atomic mass is 10.0. The summed E-state index contributed by atoms with van der Waals surface area (Å²) in [6.45, 7) is 3.37. The van der Waals surface area contributed by atoms with E-state index in [-0.39, 0.29) is 11.9 Å². The van der Waals surface area contributed by atoms with Crippen LogP contribution in [0.25, 0.3) is 0 Å². The van der Waals surface area contributed by atoms with Crippen molar-refractivity contribution >= 4 is 17.5 Å². The molecule has 0 radical (unpaired) electrons. The van der Waals surface area contributed by atoms with Gasteiger partial charge in [0.1, 0.15) is 6.33 Å². The minimum Gasteiger partial charge on any atom is -0.378 e. The van der Waals surface area contributed by atoms with Crippen molar-refractivity contribution in [3.05, 3.63) is 36.2 Å². The number of hydrogen-bond donors (Lipinski definition) is 1. The molecule has 0 spiro atoms. The van der Waals surface area contributed by atoms with Crippen molar-refractivity contribution in [2.45, 2.75) is 12.5 Å². The lowest BCUT2D eigenvalue weighted by Crippen LogP contribution is -2.36. The van der Waals surface area contributed by atoms with Crippen LogP contribution >= 0.6 is 0 Å². The van der Waals surface area contributed by atoms with Gasteiger partial charge in [0.15, 0.2) is 0 Å². The van der Waals surface area contributed by atoms with Gasteiger partial charge < -0.3 is 9.64 Å². The van der Waals surface area contributed by atoms with Crippen LogP contribution in [-0.4, -0.2) is 47.0 Å². The lowest BCUT2D eigenvalue weighted by molar-refractivity contribution is -0.117. The van der Waals surface area contributed by atoms with Crippen LogP contribution in [0.4, 0.5) is 11.6 Å². The molecule has 0 saturated carbocycles. The van der Waals surface area contributed by atoms with E-state index >= 15 is 0 Å². The Balaban J connectivity index is 1.60. The molecule has 1 fully saturated rings. The number of hydrogen-bond acceptors (Lipinski definition) is 5. The standard InChI is InChI=1S/C15H17N5O2/c21-14-9-13(20-15(18-14)16-10-17-20)11-1-3-12(4-2-11)19-5-7-22-8-6-19/h1-4,10,13H,5-9H2,(H,16,17,18,21)/t13-/m0/s1. The minimum absolute atomic E-state index is 0.0252. The van der Waals surface area contributed by atoms with Crippen molar-refractivity contribution < 1.29 is 9.53 Å². The Hall–Kier alpha value is -2.41. The van der Waals surface area contributed by atoms with Crippen molar-refractivity contribution in [3.63, 3.8) is 0 Å². The number of ether oxygens (including phenoxy) is 1. The predicted octanol–water partition coefficient (Wildman–Crippen LogP) is 1.05. The van der Waals surface area contributed by atoms with E-state index in [0.29, 0.717) is 12.4 Å². The molecule has 1 saturated heterocycles. The van der Waals surface area contributed by atoms with E-state index in [2.05, 4.69) is 44.6 Å². The Morgan fingerprint density at radius 2 is 1.95 bits per heavy atom. The van der Waals surface area contributed by atoms with E-state index in [4.69, 9.17) is 4.74 Å². The van der Waals surface area contributed by atoms with Crippen molar-refractivity contribution in [2.75, 3.05) is 36.5 Å². The number of fused-ring (bicyclic) bond motifs is 1. The van der Waals surface area contributed by atoms with Gasteiger partial charge in [-0.2, -0.15) is 10.1 Å². The number of anilines is 2. The predicted molar refractivity (Wildman–Crippen MR) is 80.9 cm³/mol. The first-order valence-electron chi connectivity index (χ1n) is 7.43. The number of aromatic nitrogens is 3. The second-order valence-electron chi connectivity index (χ2n) is 5.49. The van der Waals surface area contributed by atoms with Gasteiger partial charge in [0.05, 0.1) is 25.7 Å². The van der Waals surface area contributed by atoms with E-state index in [0.717, 1.165) is 31.9 Å². The molecule has 1 atom stereocenters. The molecule has 1 amide bonds. The van der Waals surface area contributed by atoms with Crippen LogP contribution in [0, 0.1) is 0 Å². The Kier molecular flexibility index (Phi) is 3.27. The zero-order chi connectivity index (χ0) is 14.9. The van der Waals surface area contributed by atoms with Gasteiger partial charge in [-0.3, -0.25) is 10.1 Å². The number of carbonyl (C=O) groups is 1. The van der Waals surface area contributed by atoms with E-state index in [1.807, 2.05) is 0 Å². The molecule has 114 valence electrons. The Labute approximate surface area is 127 Å². The van der Waals surface area contributed by atoms with Crippen LogP contribution < -0.4 is 10.2 Å². The van der Waals surface area contributed by atoms with Gasteiger partial charge in [0, 0.05) is 18.8 Å². The maximum absolute atomic E-state index is 11.8. The minimum atomic E-state index is -0.0926. The molecule has 0 bridgehead atoms. The summed E-state index contributed by atoms with van der Waals surface area (Å²) in [6.07, 6.45) is 1.85. The van der Waals surface area contributed by atoms with Crippen LogP contribution in [0.1, 0.15) is 18.0 Å². The number of rotatable bonds is 2. The first-order chi connectivity index (χ1) is 10.8. The fraction of sp³-hybridized carbons (Fsp3) is 0.400. The lowest BCUT2D eigenvalue weighted by Gasteiger charge is -2.29. The maximum Gasteiger partial charge on any atom is 0.229 e. The number of carbonyl (C=O) groups excluding carboxylic acids is 1. The van der Waals surface area contributed by atoms with Crippen molar-refractivity contribution in [2.24, 2.45) is 0 Å². The average molecular weight is 299 g/mol. The molecule has 0 aliphatic carbocycles. The molecular weight excluding hydrogens is 282 g/mol. The molecule has 7 nitrogen and oxygen atoms in total. The van der Waals surface area contributed by atoms with E-state index < -0.39 is 0 Å². The Morgan fingerprint density at radius 3 is 2.73 bits per heavy atom. The highest BCUT2D eigenvalue weighted by Crippen LogP contribution is 2.29. The summed E-state index contributed by atoms with van der Waals surface area (Å²) < 4.78 is 7.15. The second kappa shape index (κ2) is 5.42. The van der Waals surface area contributed by atoms with Gasteiger partial charge >= 0.3 is 0 Å². The summed E-state index contributed by atoms with van der Waals surface area (Å²) in [6, 6.07) is 8.25. The van der Waals surface area contributed by atoms with Gasteiger partial charge in [0.2, 0.25) is 11.9 Å². The van der Waals surface area contributed by atoms with Crippen LogP contribution in [0.2, 0.25) is 0 Å². The molecule has 2 aliphatic rings. The summed E-state index contributed by atoms with van der Waals surface area (Å²) >= 11 is 0. The third-order valence-electron chi connectivity index (χ3n) is 4.15. The monoisotopic (exact) mass is 299 g/mol. The van der Waals surface area contributed by atoms with E-state index in [1.165, 1.54) is 12.0 Å². The highest BCUT2D eigenvalue weighted by atomic mass is 16.5. The fourth-order valence-corrected chi connectivity index (χ4v) is 2.99. The van der Waals surface area contributed by atoms with Gasteiger partial charge in [-0.25, -0.2) is 4.68 Å². The summed E-state index contributed by atoms with van der Waals surface area (Å²) in [7, 11) is 0. The highest BCUT2D eigenvalue weighted by Gasteiger charge is 2.27. The maximum atomic E-state index is 11.8. The van der Waals surface area contributed by atoms with Crippen LogP contribution in [0.5, 0.6) is 0 Å². The first-order valence-corrected chi connectivity index (χ1v) is 7.43. The first kappa shape index (κ1) is 13.3.